The molecule has 0 aliphatic carbocycles. The van der Waals surface area contributed by atoms with Crippen molar-refractivity contribution < 1.29 is 0 Å². The quantitative estimate of drug-likeness (QED) is 0.520. The number of hydrogen-bond acceptors (Lipinski definition) is 2. The van der Waals surface area contributed by atoms with E-state index in [4.69, 9.17) is 0 Å². The lowest BCUT2D eigenvalue weighted by molar-refractivity contribution is 1.33. The second kappa shape index (κ2) is 4.97. The molecular weight excluding hydrogens is 281 g/mol. The molecule has 12 heavy (non-hydrogen) atoms. The second-order valence-corrected chi connectivity index (χ2v) is 5.33. The Labute approximate surface area is 91.5 Å². The van der Waals surface area contributed by atoms with E-state index in [2.05, 4.69) is 53.0 Å². The van der Waals surface area contributed by atoms with Gasteiger partial charge >= 0.3 is 0 Å². The highest BCUT2D eigenvalue weighted by Crippen LogP contribution is 2.24. The Morgan fingerprint density at radius 1 is 1.50 bits per heavy atom. The third-order valence-electron chi connectivity index (χ3n) is 1.69. The number of alkyl halides is 1. The van der Waals surface area contributed by atoms with Crippen LogP contribution in [-0.4, -0.2) is 10.8 Å². The normalized spacial score (nSPS) is 9.92. The van der Waals surface area contributed by atoms with Gasteiger partial charge in [-0.2, -0.15) is 0 Å². The molecule has 0 radical (unpaired) electrons. The molecule has 1 N–H and O–H groups in total. The van der Waals surface area contributed by atoms with E-state index >= 15 is 0 Å². The SMILES string of the molecule is CNc1ccc(SCI)cc1C. The van der Waals surface area contributed by atoms with E-state index in [1.165, 1.54) is 16.1 Å². The topological polar surface area (TPSA) is 12.0 Å². The van der Waals surface area contributed by atoms with Crippen molar-refractivity contribution in [2.24, 2.45) is 0 Å². The fraction of sp³-hybridized carbons (Fsp3) is 0.333. The fourth-order valence-corrected chi connectivity index (χ4v) is 2.70. The minimum absolute atomic E-state index is 1.11. The zero-order valence-corrected chi connectivity index (χ0v) is 10.2. The maximum Gasteiger partial charge on any atom is 0.0501 e. The molecule has 66 valence electrons. The Balaban J connectivity index is 2.86. The van der Waals surface area contributed by atoms with E-state index in [0.717, 1.165) is 3.76 Å². The van der Waals surface area contributed by atoms with Gasteiger partial charge in [-0.05, 0) is 30.7 Å². The first-order valence-corrected chi connectivity index (χ1v) is 6.26. The van der Waals surface area contributed by atoms with Crippen LogP contribution in [0, 0.1) is 6.92 Å². The molecule has 1 rings (SSSR count). The fourth-order valence-electron chi connectivity index (χ4n) is 1.07. The van der Waals surface area contributed by atoms with E-state index in [1.807, 2.05) is 18.8 Å². The lowest BCUT2D eigenvalue weighted by Crippen LogP contribution is -1.90. The number of hydrogen-bond donors (Lipinski definition) is 1. The number of rotatable bonds is 3. The van der Waals surface area contributed by atoms with Crippen molar-refractivity contribution in [1.29, 1.82) is 0 Å². The largest absolute Gasteiger partial charge is 0.388 e. The van der Waals surface area contributed by atoms with E-state index in [0.29, 0.717) is 0 Å². The Morgan fingerprint density at radius 3 is 2.75 bits per heavy atom. The Morgan fingerprint density at radius 2 is 2.25 bits per heavy atom. The summed E-state index contributed by atoms with van der Waals surface area (Å²) in [6.45, 7) is 2.13. The molecule has 0 aromatic heterocycles. The van der Waals surface area contributed by atoms with E-state index in [1.54, 1.807) is 0 Å². The van der Waals surface area contributed by atoms with E-state index in [9.17, 15) is 0 Å². The van der Waals surface area contributed by atoms with Crippen molar-refractivity contribution in [1.82, 2.24) is 0 Å². The van der Waals surface area contributed by atoms with Crippen molar-refractivity contribution in [3.63, 3.8) is 0 Å². The van der Waals surface area contributed by atoms with Crippen molar-refractivity contribution >= 4 is 40.0 Å². The highest BCUT2D eigenvalue weighted by molar-refractivity contribution is 14.1. The second-order valence-electron chi connectivity index (χ2n) is 2.48. The van der Waals surface area contributed by atoms with Crippen LogP contribution in [0.4, 0.5) is 5.69 Å². The summed E-state index contributed by atoms with van der Waals surface area (Å²) >= 11 is 4.24. The molecule has 1 aromatic carbocycles. The third-order valence-corrected chi connectivity index (χ3v) is 3.32. The summed E-state index contributed by atoms with van der Waals surface area (Å²) in [4.78, 5) is 1.35. The number of anilines is 1. The zero-order valence-electron chi connectivity index (χ0n) is 7.23. The summed E-state index contributed by atoms with van der Waals surface area (Å²) in [5.41, 5.74) is 2.53. The van der Waals surface area contributed by atoms with Crippen molar-refractivity contribution in [2.75, 3.05) is 16.1 Å². The van der Waals surface area contributed by atoms with Gasteiger partial charge in [0.15, 0.2) is 0 Å². The average Bonchev–Trinajstić information content (AvgIpc) is 2.05. The molecule has 3 heteroatoms. The molecule has 0 atom stereocenters. The van der Waals surface area contributed by atoms with Crippen molar-refractivity contribution in [3.8, 4) is 0 Å². The Hall–Kier alpha value is 0.1000. The monoisotopic (exact) mass is 293 g/mol. The van der Waals surface area contributed by atoms with Gasteiger partial charge in [-0.25, -0.2) is 0 Å². The van der Waals surface area contributed by atoms with Crippen LogP contribution in [0.5, 0.6) is 0 Å². The van der Waals surface area contributed by atoms with Crippen LogP contribution in [0.15, 0.2) is 23.1 Å². The minimum Gasteiger partial charge on any atom is -0.388 e. The van der Waals surface area contributed by atoms with Gasteiger partial charge in [-0.1, -0.05) is 22.6 Å². The summed E-state index contributed by atoms with van der Waals surface area (Å²) < 4.78 is 1.11. The molecular formula is C9H12INS. The van der Waals surface area contributed by atoms with Crippen molar-refractivity contribution in [3.05, 3.63) is 23.8 Å². The molecule has 1 aromatic rings. The van der Waals surface area contributed by atoms with Crippen LogP contribution in [0.3, 0.4) is 0 Å². The van der Waals surface area contributed by atoms with Crippen molar-refractivity contribution in [2.45, 2.75) is 11.8 Å². The first-order chi connectivity index (χ1) is 5.77. The Bertz CT molecular complexity index is 263. The molecule has 0 unspecified atom stereocenters. The number of nitrogens with one attached hydrogen (secondary N) is 1. The molecule has 0 amide bonds. The molecule has 1 nitrogen and oxygen atoms in total. The van der Waals surface area contributed by atoms with Crippen LogP contribution in [0.1, 0.15) is 5.56 Å². The molecule has 0 aliphatic rings. The predicted octanol–water partition coefficient (Wildman–Crippen LogP) is 3.52. The van der Waals surface area contributed by atoms with Crippen LogP contribution in [0.2, 0.25) is 0 Å². The van der Waals surface area contributed by atoms with Gasteiger partial charge in [0, 0.05) is 17.6 Å². The smallest absolute Gasteiger partial charge is 0.0501 e. The number of halogens is 1. The number of thioether (sulfide) groups is 1. The molecule has 0 heterocycles. The van der Waals surface area contributed by atoms with Crippen LogP contribution >= 0.6 is 34.4 Å². The number of benzene rings is 1. The van der Waals surface area contributed by atoms with Gasteiger partial charge in [0.25, 0.3) is 0 Å². The molecule has 0 saturated carbocycles. The predicted molar refractivity (Wildman–Crippen MR) is 65.5 cm³/mol. The lowest BCUT2D eigenvalue weighted by atomic mass is 10.2. The summed E-state index contributed by atoms with van der Waals surface area (Å²) in [5.74, 6) is 0. The van der Waals surface area contributed by atoms with Gasteiger partial charge in [0.2, 0.25) is 0 Å². The summed E-state index contributed by atoms with van der Waals surface area (Å²) in [6.07, 6.45) is 0. The van der Waals surface area contributed by atoms with Gasteiger partial charge in [-0.3, -0.25) is 0 Å². The van der Waals surface area contributed by atoms with Crippen LogP contribution in [0.25, 0.3) is 0 Å². The average molecular weight is 293 g/mol. The minimum atomic E-state index is 1.11. The van der Waals surface area contributed by atoms with Gasteiger partial charge in [0.05, 0.1) is 3.76 Å². The maximum absolute atomic E-state index is 3.15. The van der Waals surface area contributed by atoms with Gasteiger partial charge in [-0.15, -0.1) is 11.8 Å². The third kappa shape index (κ3) is 2.55. The lowest BCUT2D eigenvalue weighted by Gasteiger charge is -2.06. The first kappa shape index (κ1) is 10.2. The molecule has 0 aliphatic heterocycles. The summed E-state index contributed by atoms with van der Waals surface area (Å²) in [6, 6.07) is 6.50. The highest BCUT2D eigenvalue weighted by atomic mass is 127. The summed E-state index contributed by atoms with van der Waals surface area (Å²) in [5, 5.41) is 3.15. The first-order valence-electron chi connectivity index (χ1n) is 3.75. The molecule has 0 spiro atoms. The standard InChI is InChI=1S/C9H12INS/c1-7-5-8(12-6-10)3-4-9(7)11-2/h3-5,11H,6H2,1-2H3. The van der Waals surface area contributed by atoms with E-state index < -0.39 is 0 Å². The molecule has 0 saturated heterocycles. The Kier molecular flexibility index (Phi) is 4.21. The van der Waals surface area contributed by atoms with Crippen LogP contribution in [-0.2, 0) is 0 Å². The maximum atomic E-state index is 3.15. The van der Waals surface area contributed by atoms with E-state index in [-0.39, 0.29) is 0 Å². The zero-order chi connectivity index (χ0) is 8.97. The molecule has 0 fully saturated rings. The van der Waals surface area contributed by atoms with Gasteiger partial charge < -0.3 is 5.32 Å². The number of aryl methyl sites for hydroxylation is 1. The van der Waals surface area contributed by atoms with Gasteiger partial charge in [0.1, 0.15) is 0 Å². The molecule has 0 bridgehead atoms. The van der Waals surface area contributed by atoms with Crippen LogP contribution < -0.4 is 5.32 Å². The highest BCUT2D eigenvalue weighted by Gasteiger charge is 1.97. The summed E-state index contributed by atoms with van der Waals surface area (Å²) in [7, 11) is 1.95.